The molecule has 0 fully saturated rings. The Morgan fingerprint density at radius 1 is 1.13 bits per heavy atom. The molecule has 1 heterocycles. The molecule has 0 spiro atoms. The highest BCUT2D eigenvalue weighted by Gasteiger charge is 2.03. The number of para-hydroxylation sites is 1. The Hall–Kier alpha value is -1.30. The largest absolute Gasteiger partial charge is 0.454 e. The molecule has 2 N–H and O–H groups in total. The molecule has 1 aromatic carbocycles. The summed E-state index contributed by atoms with van der Waals surface area (Å²) in [5.41, 5.74) is 6.27. The molecule has 0 amide bonds. The zero-order chi connectivity index (χ0) is 10.7. The normalized spacial score (nSPS) is 9.93. The number of hydrogen-bond acceptors (Lipinski definition) is 3. The molecule has 0 atom stereocenters. The first-order valence-electron chi connectivity index (χ1n) is 4.39. The highest BCUT2D eigenvalue weighted by molar-refractivity contribution is 14.1. The Morgan fingerprint density at radius 3 is 2.67 bits per heavy atom. The number of nitrogen functional groups attached to an aromatic ring is 1. The molecular formula is C11H9IN2O. The van der Waals surface area contributed by atoms with E-state index in [-0.39, 0.29) is 0 Å². The lowest BCUT2D eigenvalue weighted by molar-refractivity contribution is 0.481. The molecule has 0 aliphatic carbocycles. The van der Waals surface area contributed by atoms with Crippen molar-refractivity contribution in [2.24, 2.45) is 0 Å². The fourth-order valence-corrected chi connectivity index (χ4v) is 1.63. The van der Waals surface area contributed by atoms with Crippen molar-refractivity contribution < 1.29 is 4.74 Å². The third-order valence-electron chi connectivity index (χ3n) is 1.87. The summed E-state index contributed by atoms with van der Waals surface area (Å²) in [7, 11) is 0. The average molecular weight is 312 g/mol. The highest BCUT2D eigenvalue weighted by Crippen LogP contribution is 2.29. The van der Waals surface area contributed by atoms with E-state index in [2.05, 4.69) is 27.6 Å². The molecule has 0 radical (unpaired) electrons. The van der Waals surface area contributed by atoms with Crippen LogP contribution < -0.4 is 10.5 Å². The van der Waals surface area contributed by atoms with Gasteiger partial charge in [0.1, 0.15) is 5.75 Å². The number of anilines is 1. The number of nitrogens with two attached hydrogens (primary N) is 1. The number of aromatic nitrogens is 1. The molecule has 0 unspecified atom stereocenters. The second kappa shape index (κ2) is 4.48. The van der Waals surface area contributed by atoms with Crippen LogP contribution >= 0.6 is 22.6 Å². The summed E-state index contributed by atoms with van der Waals surface area (Å²) in [5, 5.41) is 0. The van der Waals surface area contributed by atoms with Crippen LogP contribution in [-0.4, -0.2) is 4.98 Å². The molecule has 2 aromatic rings. The lowest BCUT2D eigenvalue weighted by Crippen LogP contribution is -1.93. The van der Waals surface area contributed by atoms with Crippen LogP contribution in [0.4, 0.5) is 5.69 Å². The minimum Gasteiger partial charge on any atom is -0.454 e. The Morgan fingerprint density at radius 2 is 1.93 bits per heavy atom. The van der Waals surface area contributed by atoms with Gasteiger partial charge in [0, 0.05) is 12.3 Å². The van der Waals surface area contributed by atoms with Gasteiger partial charge in [-0.3, -0.25) is 4.98 Å². The number of hydrogen-bond donors (Lipinski definition) is 1. The van der Waals surface area contributed by atoms with Crippen LogP contribution in [0.5, 0.6) is 11.5 Å². The van der Waals surface area contributed by atoms with Crippen molar-refractivity contribution in [3.63, 3.8) is 0 Å². The number of ether oxygens (including phenoxy) is 1. The number of benzene rings is 1. The smallest absolute Gasteiger partial charge is 0.153 e. The summed E-state index contributed by atoms with van der Waals surface area (Å²) in [6, 6.07) is 9.52. The van der Waals surface area contributed by atoms with Gasteiger partial charge < -0.3 is 10.5 Å². The SMILES string of the molecule is Nc1cnccc1Oc1ccccc1I. The van der Waals surface area contributed by atoms with Gasteiger partial charge >= 0.3 is 0 Å². The first kappa shape index (κ1) is 10.2. The van der Waals surface area contributed by atoms with Crippen molar-refractivity contribution in [2.75, 3.05) is 5.73 Å². The molecule has 0 bridgehead atoms. The number of nitrogens with zero attached hydrogens (tertiary/aromatic N) is 1. The first-order valence-corrected chi connectivity index (χ1v) is 5.47. The highest BCUT2D eigenvalue weighted by atomic mass is 127. The van der Waals surface area contributed by atoms with Crippen LogP contribution in [0.2, 0.25) is 0 Å². The van der Waals surface area contributed by atoms with E-state index in [1.165, 1.54) is 0 Å². The minimum atomic E-state index is 0.539. The summed E-state index contributed by atoms with van der Waals surface area (Å²) >= 11 is 2.22. The Kier molecular flexibility index (Phi) is 3.05. The van der Waals surface area contributed by atoms with Crippen molar-refractivity contribution in [1.29, 1.82) is 0 Å². The molecule has 0 saturated heterocycles. The van der Waals surface area contributed by atoms with E-state index < -0.39 is 0 Å². The van der Waals surface area contributed by atoms with Crippen LogP contribution in [0.1, 0.15) is 0 Å². The second-order valence-corrected chi connectivity index (χ2v) is 4.11. The molecular weight excluding hydrogens is 303 g/mol. The van der Waals surface area contributed by atoms with Crippen LogP contribution in [0.15, 0.2) is 42.7 Å². The van der Waals surface area contributed by atoms with Crippen LogP contribution in [0, 0.1) is 3.57 Å². The molecule has 3 nitrogen and oxygen atoms in total. The first-order chi connectivity index (χ1) is 7.27. The lowest BCUT2D eigenvalue weighted by atomic mass is 10.3. The van der Waals surface area contributed by atoms with E-state index in [4.69, 9.17) is 10.5 Å². The van der Waals surface area contributed by atoms with Gasteiger partial charge in [-0.1, -0.05) is 12.1 Å². The van der Waals surface area contributed by atoms with Crippen LogP contribution in [0.25, 0.3) is 0 Å². The fraction of sp³-hybridized carbons (Fsp3) is 0. The maximum Gasteiger partial charge on any atom is 0.153 e. The molecule has 76 valence electrons. The summed E-state index contributed by atoms with van der Waals surface area (Å²) in [6.07, 6.45) is 3.23. The van der Waals surface area contributed by atoms with Gasteiger partial charge in [0.15, 0.2) is 5.75 Å². The Balaban J connectivity index is 2.30. The van der Waals surface area contributed by atoms with E-state index in [0.717, 1.165) is 9.32 Å². The van der Waals surface area contributed by atoms with Crippen molar-refractivity contribution in [2.45, 2.75) is 0 Å². The van der Waals surface area contributed by atoms with Gasteiger partial charge in [-0.25, -0.2) is 0 Å². The zero-order valence-electron chi connectivity index (χ0n) is 7.85. The summed E-state index contributed by atoms with van der Waals surface area (Å²) < 4.78 is 6.71. The summed E-state index contributed by atoms with van der Waals surface area (Å²) in [4.78, 5) is 3.90. The van der Waals surface area contributed by atoms with Crippen LogP contribution in [-0.2, 0) is 0 Å². The monoisotopic (exact) mass is 312 g/mol. The van der Waals surface area contributed by atoms with E-state index >= 15 is 0 Å². The number of halogens is 1. The predicted octanol–water partition coefficient (Wildman–Crippen LogP) is 3.06. The molecule has 15 heavy (non-hydrogen) atoms. The lowest BCUT2D eigenvalue weighted by Gasteiger charge is -2.08. The summed E-state index contributed by atoms with van der Waals surface area (Å²) in [6.45, 7) is 0. The molecule has 0 saturated carbocycles. The Labute approximate surface area is 101 Å². The zero-order valence-corrected chi connectivity index (χ0v) is 10.0. The van der Waals surface area contributed by atoms with Gasteiger partial charge in [-0.2, -0.15) is 0 Å². The third-order valence-corrected chi connectivity index (χ3v) is 2.76. The molecule has 0 aliphatic heterocycles. The number of pyridine rings is 1. The molecule has 0 aliphatic rings. The van der Waals surface area contributed by atoms with Crippen molar-refractivity contribution in [3.8, 4) is 11.5 Å². The quantitative estimate of drug-likeness (QED) is 0.867. The average Bonchev–Trinajstić information content (AvgIpc) is 2.24. The topological polar surface area (TPSA) is 48.1 Å². The van der Waals surface area contributed by atoms with Crippen molar-refractivity contribution >= 4 is 28.3 Å². The van der Waals surface area contributed by atoms with Crippen LogP contribution in [0.3, 0.4) is 0 Å². The fourth-order valence-electron chi connectivity index (χ4n) is 1.13. The van der Waals surface area contributed by atoms with Gasteiger partial charge in [0.2, 0.25) is 0 Å². The van der Waals surface area contributed by atoms with Gasteiger partial charge in [-0.15, -0.1) is 0 Å². The predicted molar refractivity (Wildman–Crippen MR) is 67.9 cm³/mol. The van der Waals surface area contributed by atoms with Crippen molar-refractivity contribution in [3.05, 3.63) is 46.3 Å². The van der Waals surface area contributed by atoms with E-state index in [1.54, 1.807) is 18.5 Å². The maximum atomic E-state index is 5.73. The van der Waals surface area contributed by atoms with Gasteiger partial charge in [0.25, 0.3) is 0 Å². The second-order valence-electron chi connectivity index (χ2n) is 2.95. The Bertz CT molecular complexity index is 430. The third kappa shape index (κ3) is 2.38. The minimum absolute atomic E-state index is 0.539. The maximum absolute atomic E-state index is 5.73. The molecule has 4 heteroatoms. The van der Waals surface area contributed by atoms with E-state index in [1.807, 2.05) is 24.3 Å². The summed E-state index contributed by atoms with van der Waals surface area (Å²) in [5.74, 6) is 1.44. The van der Waals surface area contributed by atoms with E-state index in [0.29, 0.717) is 11.4 Å². The van der Waals surface area contributed by atoms with E-state index in [9.17, 15) is 0 Å². The van der Waals surface area contributed by atoms with Gasteiger partial charge in [0.05, 0.1) is 15.5 Å². The molecule has 1 aromatic heterocycles. The van der Waals surface area contributed by atoms with Gasteiger partial charge in [-0.05, 0) is 34.7 Å². The standard InChI is InChI=1S/C11H9IN2O/c12-8-3-1-2-4-10(8)15-11-5-6-14-7-9(11)13/h1-7H,13H2. The van der Waals surface area contributed by atoms with Crippen molar-refractivity contribution in [1.82, 2.24) is 4.98 Å². The number of rotatable bonds is 2. The molecule has 2 rings (SSSR count).